The first-order chi connectivity index (χ1) is 11.3. The van der Waals surface area contributed by atoms with Crippen LogP contribution in [0, 0.1) is 0 Å². The smallest absolute Gasteiger partial charge is 0.264 e. The average Bonchev–Trinajstić information content (AvgIpc) is 2.64. The molecule has 3 rings (SSSR count). The van der Waals surface area contributed by atoms with Crippen molar-refractivity contribution in [1.82, 2.24) is 9.97 Å². The van der Waals surface area contributed by atoms with E-state index in [-0.39, 0.29) is 5.91 Å². The lowest BCUT2D eigenvalue weighted by Crippen LogP contribution is -2.30. The summed E-state index contributed by atoms with van der Waals surface area (Å²) in [5.41, 5.74) is 0.561. The predicted molar refractivity (Wildman–Crippen MR) is 89.9 cm³/mol. The van der Waals surface area contributed by atoms with Gasteiger partial charge in [0.05, 0.1) is 0 Å². The van der Waals surface area contributed by atoms with Gasteiger partial charge in [0.2, 0.25) is 0 Å². The van der Waals surface area contributed by atoms with Gasteiger partial charge in [-0.25, -0.2) is 15.0 Å². The van der Waals surface area contributed by atoms with Crippen molar-refractivity contribution < 1.29 is 4.79 Å². The van der Waals surface area contributed by atoms with Gasteiger partial charge in [-0.1, -0.05) is 30.3 Å². The lowest BCUT2D eigenvalue weighted by Gasteiger charge is -2.16. The third-order valence-corrected chi connectivity index (χ3v) is 3.09. The minimum atomic E-state index is -0.205. The highest BCUT2D eigenvalue weighted by Gasteiger charge is 2.16. The van der Waals surface area contributed by atoms with Crippen LogP contribution in [0.5, 0.6) is 0 Å². The molecule has 23 heavy (non-hydrogen) atoms. The molecule has 0 N–H and O–H groups in total. The molecule has 112 valence electrons. The fourth-order valence-electron chi connectivity index (χ4n) is 1.98. The Morgan fingerprint density at radius 3 is 2.22 bits per heavy atom. The minimum absolute atomic E-state index is 0.205. The van der Waals surface area contributed by atoms with Gasteiger partial charge in [-0.15, -0.1) is 0 Å². The number of amides is 1. The lowest BCUT2D eigenvalue weighted by atomic mass is 10.2. The molecule has 0 atom stereocenters. The van der Waals surface area contributed by atoms with Gasteiger partial charge in [0.25, 0.3) is 5.91 Å². The maximum absolute atomic E-state index is 12.7. The van der Waals surface area contributed by atoms with E-state index in [1.165, 1.54) is 11.2 Å². The Balaban J connectivity index is 1.95. The molecule has 5 nitrogen and oxygen atoms in total. The number of pyridine rings is 2. The Kier molecular flexibility index (Phi) is 4.49. The summed E-state index contributed by atoms with van der Waals surface area (Å²) in [5.74, 6) is 0.819. The van der Waals surface area contributed by atoms with E-state index in [0.29, 0.717) is 17.2 Å². The zero-order valence-electron chi connectivity index (χ0n) is 12.3. The van der Waals surface area contributed by atoms with Crippen LogP contribution in [0.2, 0.25) is 0 Å². The molecular weight excluding hydrogens is 288 g/mol. The molecule has 2 heterocycles. The molecule has 0 aliphatic heterocycles. The number of carbonyl (C=O) groups is 1. The maximum atomic E-state index is 12.7. The van der Waals surface area contributed by atoms with E-state index in [1.54, 1.807) is 42.7 Å². The van der Waals surface area contributed by atoms with Gasteiger partial charge in [0.15, 0.2) is 5.82 Å². The molecule has 0 unspecified atom stereocenters. The van der Waals surface area contributed by atoms with Crippen LogP contribution < -0.4 is 4.90 Å². The van der Waals surface area contributed by atoms with Crippen LogP contribution in [0.1, 0.15) is 10.4 Å². The van der Waals surface area contributed by atoms with Crippen LogP contribution >= 0.6 is 0 Å². The van der Waals surface area contributed by atoms with E-state index in [4.69, 9.17) is 0 Å². The molecule has 0 saturated carbocycles. The summed E-state index contributed by atoms with van der Waals surface area (Å²) in [7, 11) is 0. The number of aliphatic imine (C=N–C) groups is 1. The summed E-state index contributed by atoms with van der Waals surface area (Å²) in [6.45, 7) is 0. The zero-order valence-corrected chi connectivity index (χ0v) is 12.3. The molecular formula is C18H14N4O. The number of nitrogens with zero attached hydrogens (tertiary/aromatic N) is 4. The highest BCUT2D eigenvalue weighted by atomic mass is 16.2. The van der Waals surface area contributed by atoms with E-state index in [9.17, 15) is 4.79 Å². The predicted octanol–water partition coefficient (Wildman–Crippen LogP) is 3.48. The fraction of sp³-hybridized carbons (Fsp3) is 0. The monoisotopic (exact) mass is 302 g/mol. The second-order valence-electron chi connectivity index (χ2n) is 4.66. The van der Waals surface area contributed by atoms with E-state index in [0.717, 1.165) is 0 Å². The molecule has 0 radical (unpaired) electrons. The Morgan fingerprint density at radius 1 is 0.870 bits per heavy atom. The van der Waals surface area contributed by atoms with Crippen molar-refractivity contribution in [3.63, 3.8) is 0 Å². The lowest BCUT2D eigenvalue weighted by molar-refractivity contribution is 0.100. The summed E-state index contributed by atoms with van der Waals surface area (Å²) in [6.07, 6.45) is 4.73. The number of anilines is 1. The van der Waals surface area contributed by atoms with Gasteiger partial charge < -0.3 is 0 Å². The number of rotatable bonds is 4. The maximum Gasteiger partial charge on any atom is 0.264 e. The summed E-state index contributed by atoms with van der Waals surface area (Å²) >= 11 is 0. The third kappa shape index (κ3) is 3.65. The van der Waals surface area contributed by atoms with Crippen molar-refractivity contribution in [2.45, 2.75) is 0 Å². The van der Waals surface area contributed by atoms with Gasteiger partial charge >= 0.3 is 0 Å². The van der Waals surface area contributed by atoms with Gasteiger partial charge in [-0.2, -0.15) is 0 Å². The topological polar surface area (TPSA) is 58.5 Å². The normalized spacial score (nSPS) is 10.6. The molecule has 0 fully saturated rings. The first-order valence-electron chi connectivity index (χ1n) is 7.09. The van der Waals surface area contributed by atoms with Crippen LogP contribution in [0.25, 0.3) is 0 Å². The Hall–Kier alpha value is -3.34. The molecule has 0 spiro atoms. The molecule has 5 heteroatoms. The van der Waals surface area contributed by atoms with Crippen LogP contribution in [0.3, 0.4) is 0 Å². The van der Waals surface area contributed by atoms with E-state index < -0.39 is 0 Å². The second-order valence-corrected chi connectivity index (χ2v) is 4.66. The molecule has 3 aromatic rings. The molecule has 0 aliphatic rings. The molecule has 2 aromatic heterocycles. The highest BCUT2D eigenvalue weighted by molar-refractivity contribution is 6.16. The summed E-state index contributed by atoms with van der Waals surface area (Å²) in [5, 5.41) is 0. The highest BCUT2D eigenvalue weighted by Crippen LogP contribution is 2.14. The average molecular weight is 302 g/mol. The second kappa shape index (κ2) is 7.09. The fourth-order valence-corrected chi connectivity index (χ4v) is 1.98. The summed E-state index contributed by atoms with van der Waals surface area (Å²) in [4.78, 5) is 26.8. The standard InChI is InChI=1S/C18H14N4O/c23-18(15-8-2-1-3-9-15)22(17-11-5-7-13-20-17)14-21-16-10-4-6-12-19-16/h1-14H. The van der Waals surface area contributed by atoms with Crippen LogP contribution in [-0.4, -0.2) is 22.2 Å². The van der Waals surface area contributed by atoms with Crippen molar-refractivity contribution in [3.05, 3.63) is 84.7 Å². The minimum Gasteiger partial charge on any atom is -0.268 e. The van der Waals surface area contributed by atoms with Gasteiger partial charge in [0, 0.05) is 18.0 Å². The van der Waals surface area contributed by atoms with E-state index >= 15 is 0 Å². The first-order valence-corrected chi connectivity index (χ1v) is 7.09. The molecule has 1 aromatic carbocycles. The van der Waals surface area contributed by atoms with Crippen LogP contribution in [0.15, 0.2) is 84.1 Å². The molecule has 0 aliphatic carbocycles. The van der Waals surface area contributed by atoms with Crippen molar-refractivity contribution in [2.24, 2.45) is 4.99 Å². The molecule has 0 bridgehead atoms. The van der Waals surface area contributed by atoms with E-state index in [2.05, 4.69) is 15.0 Å². The van der Waals surface area contributed by atoms with Crippen LogP contribution in [0.4, 0.5) is 11.6 Å². The zero-order chi connectivity index (χ0) is 15.9. The third-order valence-electron chi connectivity index (χ3n) is 3.09. The Morgan fingerprint density at radius 2 is 1.57 bits per heavy atom. The van der Waals surface area contributed by atoms with E-state index in [1.807, 2.05) is 36.4 Å². The van der Waals surface area contributed by atoms with Gasteiger partial charge in [-0.05, 0) is 36.4 Å². The Labute approximate surface area is 134 Å². The van der Waals surface area contributed by atoms with Crippen molar-refractivity contribution >= 4 is 23.9 Å². The quantitative estimate of drug-likeness (QED) is 0.547. The largest absolute Gasteiger partial charge is 0.268 e. The summed E-state index contributed by atoms with van der Waals surface area (Å²) in [6, 6.07) is 19.8. The van der Waals surface area contributed by atoms with Crippen LogP contribution in [-0.2, 0) is 0 Å². The number of hydrogen-bond donors (Lipinski definition) is 0. The van der Waals surface area contributed by atoms with Crippen molar-refractivity contribution in [3.8, 4) is 0 Å². The number of hydrogen-bond acceptors (Lipinski definition) is 4. The number of carbonyl (C=O) groups excluding carboxylic acids is 1. The first kappa shape index (κ1) is 14.6. The molecule has 1 amide bonds. The van der Waals surface area contributed by atoms with Crippen molar-refractivity contribution in [1.29, 1.82) is 0 Å². The Bertz CT molecular complexity index is 789. The number of aromatic nitrogens is 2. The summed E-state index contributed by atoms with van der Waals surface area (Å²) < 4.78 is 0. The molecule has 0 saturated heterocycles. The SMILES string of the molecule is O=C(c1ccccc1)N(C=Nc1ccccn1)c1ccccn1. The van der Waals surface area contributed by atoms with Crippen molar-refractivity contribution in [2.75, 3.05) is 4.90 Å². The van der Waals surface area contributed by atoms with Gasteiger partial charge in [-0.3, -0.25) is 9.69 Å². The number of benzene rings is 1. The van der Waals surface area contributed by atoms with Gasteiger partial charge in [0.1, 0.15) is 12.2 Å².